The average molecular weight is 740 g/mol. The molecular weight excluding hydrogens is 682 g/mol. The first-order valence-electron chi connectivity index (χ1n) is 18.4. The standard InChI is InChI=1S/C37H57N9O7/c1-19(2)14-26-33(49)43-27(15-20(3)4)36(52)46-31(21(5)6)37(53)45-29(17-30(39)47)35(51)41-25(12-9-13-38)32(48)44-28(34(50)42-26)16-22-18-40-24-11-8-7-10-23(22)24/h7-8,10-11,18-21,25-29,31,40H,9,12-17,38H2,1-6H3,(H2,39,47)(H,41,51)(H,42,50)(H,43,49)(H,44,48)(H,45,53)(H,46,52)/t25-,26+,27-,28+,29+,31+/m1/s1. The van der Waals surface area contributed by atoms with Crippen LogP contribution in [0.1, 0.15) is 79.2 Å². The van der Waals surface area contributed by atoms with Crippen LogP contribution in [0, 0.1) is 17.8 Å². The van der Waals surface area contributed by atoms with Gasteiger partial charge in [0.15, 0.2) is 0 Å². The van der Waals surface area contributed by atoms with Crippen LogP contribution in [0.4, 0.5) is 0 Å². The number of hydrogen-bond acceptors (Lipinski definition) is 8. The maximum atomic E-state index is 14.2. The van der Waals surface area contributed by atoms with Crippen LogP contribution in [-0.2, 0) is 40.0 Å². The number of H-pyrrole nitrogens is 1. The van der Waals surface area contributed by atoms with Gasteiger partial charge in [0, 0.05) is 23.5 Å². The van der Waals surface area contributed by atoms with Crippen LogP contribution in [0.15, 0.2) is 30.5 Å². The van der Waals surface area contributed by atoms with Crippen molar-refractivity contribution in [2.45, 2.75) is 116 Å². The summed E-state index contributed by atoms with van der Waals surface area (Å²) < 4.78 is 0. The Morgan fingerprint density at radius 1 is 0.660 bits per heavy atom. The van der Waals surface area contributed by atoms with E-state index in [2.05, 4.69) is 36.9 Å². The molecule has 0 saturated carbocycles. The Labute approximate surface area is 310 Å². The molecule has 0 aliphatic carbocycles. The number of aromatic amines is 1. The minimum Gasteiger partial charge on any atom is -0.370 e. The summed E-state index contributed by atoms with van der Waals surface area (Å²) in [6, 6.07) is 0.146. The van der Waals surface area contributed by atoms with Crippen molar-refractivity contribution < 1.29 is 33.6 Å². The summed E-state index contributed by atoms with van der Waals surface area (Å²) in [5.41, 5.74) is 12.7. The number of aromatic nitrogens is 1. The number of benzene rings is 1. The number of fused-ring (bicyclic) bond motifs is 1. The van der Waals surface area contributed by atoms with Gasteiger partial charge < -0.3 is 48.4 Å². The molecule has 1 aromatic carbocycles. The third-order valence-corrected chi connectivity index (χ3v) is 9.03. The predicted molar refractivity (Wildman–Crippen MR) is 199 cm³/mol. The van der Waals surface area contributed by atoms with Gasteiger partial charge in [-0.05, 0) is 61.6 Å². The molecule has 16 nitrogen and oxygen atoms in total. The molecule has 16 heteroatoms. The van der Waals surface area contributed by atoms with Crippen molar-refractivity contribution in [3.63, 3.8) is 0 Å². The fraction of sp³-hybridized carbons (Fsp3) is 0.595. The zero-order chi connectivity index (χ0) is 39.4. The SMILES string of the molecule is CC(C)C[C@@H]1NC(=O)[C@H](Cc2c[nH]c3ccccc23)NC(=O)[C@@H](CCCN)NC(=O)[C@H](CC(N)=O)NC(=O)[C@H](C(C)C)NC(=O)[C@@H](CC(C)C)NC1=O. The summed E-state index contributed by atoms with van der Waals surface area (Å²) >= 11 is 0. The maximum absolute atomic E-state index is 14.2. The van der Waals surface area contributed by atoms with Gasteiger partial charge in [-0.15, -0.1) is 0 Å². The minimum absolute atomic E-state index is 0.0183. The first-order valence-corrected chi connectivity index (χ1v) is 18.4. The number of carbonyl (C=O) groups is 7. The van der Waals surface area contributed by atoms with Gasteiger partial charge in [-0.2, -0.15) is 0 Å². The Bertz CT molecular complexity index is 1620. The van der Waals surface area contributed by atoms with Crippen LogP contribution in [0.2, 0.25) is 0 Å². The second-order valence-electron chi connectivity index (χ2n) is 15.0. The van der Waals surface area contributed by atoms with Crippen LogP contribution in [0.5, 0.6) is 0 Å². The van der Waals surface area contributed by atoms with Gasteiger partial charge in [0.2, 0.25) is 41.4 Å². The third kappa shape index (κ3) is 12.6. The lowest BCUT2D eigenvalue weighted by Gasteiger charge is -2.30. The van der Waals surface area contributed by atoms with Crippen molar-refractivity contribution in [2.75, 3.05) is 6.54 Å². The van der Waals surface area contributed by atoms with Gasteiger partial charge >= 0.3 is 0 Å². The van der Waals surface area contributed by atoms with Crippen molar-refractivity contribution in [2.24, 2.45) is 29.2 Å². The molecule has 1 saturated heterocycles. The molecule has 2 heterocycles. The molecule has 292 valence electrons. The first-order chi connectivity index (χ1) is 25.0. The Morgan fingerprint density at radius 2 is 1.15 bits per heavy atom. The lowest BCUT2D eigenvalue weighted by Crippen LogP contribution is -2.62. The van der Waals surface area contributed by atoms with E-state index in [-0.39, 0.29) is 44.1 Å². The van der Waals surface area contributed by atoms with E-state index in [0.717, 1.165) is 10.9 Å². The molecule has 7 amide bonds. The monoisotopic (exact) mass is 739 g/mol. The van der Waals surface area contributed by atoms with Gasteiger partial charge in [-0.3, -0.25) is 33.6 Å². The highest BCUT2D eigenvalue weighted by Crippen LogP contribution is 2.20. The van der Waals surface area contributed by atoms with Crippen LogP contribution in [0.25, 0.3) is 10.9 Å². The van der Waals surface area contributed by atoms with Gasteiger partial charge in [-0.25, -0.2) is 0 Å². The summed E-state index contributed by atoms with van der Waals surface area (Å²) in [5, 5.41) is 17.1. The molecule has 1 aliphatic rings. The van der Waals surface area contributed by atoms with E-state index >= 15 is 0 Å². The zero-order valence-electron chi connectivity index (χ0n) is 31.5. The smallest absolute Gasteiger partial charge is 0.243 e. The molecule has 6 atom stereocenters. The van der Waals surface area contributed by atoms with E-state index < -0.39 is 89.9 Å². The van der Waals surface area contributed by atoms with E-state index in [0.29, 0.717) is 12.0 Å². The van der Waals surface area contributed by atoms with Crippen LogP contribution in [-0.4, -0.2) is 89.1 Å². The molecule has 0 unspecified atom stereocenters. The molecule has 53 heavy (non-hydrogen) atoms. The Kier molecular flexibility index (Phi) is 15.8. The highest BCUT2D eigenvalue weighted by Gasteiger charge is 2.36. The normalized spacial score (nSPS) is 24.2. The second kappa shape index (κ2) is 19.7. The van der Waals surface area contributed by atoms with Gasteiger partial charge in [0.25, 0.3) is 0 Å². The number of primary amides is 1. The molecule has 1 aliphatic heterocycles. The lowest BCUT2D eigenvalue weighted by molar-refractivity contribution is -0.137. The van der Waals surface area contributed by atoms with Crippen molar-refractivity contribution in [3.8, 4) is 0 Å². The molecule has 1 fully saturated rings. The second-order valence-corrected chi connectivity index (χ2v) is 15.0. The number of rotatable bonds is 12. The summed E-state index contributed by atoms with van der Waals surface area (Å²) in [7, 11) is 0. The number of amides is 7. The Hall–Kier alpha value is -4.99. The number of hydrogen-bond donors (Lipinski definition) is 9. The van der Waals surface area contributed by atoms with E-state index in [1.807, 2.05) is 52.0 Å². The van der Waals surface area contributed by atoms with Gasteiger partial charge in [-0.1, -0.05) is 59.7 Å². The molecule has 0 radical (unpaired) electrons. The van der Waals surface area contributed by atoms with Gasteiger partial charge in [0.1, 0.15) is 36.3 Å². The Morgan fingerprint density at radius 3 is 1.72 bits per heavy atom. The van der Waals surface area contributed by atoms with Gasteiger partial charge in [0.05, 0.1) is 6.42 Å². The fourth-order valence-electron chi connectivity index (χ4n) is 6.28. The molecule has 0 bridgehead atoms. The Balaban J connectivity index is 2.14. The number of para-hydroxylation sites is 1. The number of nitrogens with one attached hydrogen (secondary N) is 7. The first kappa shape index (κ1) is 42.4. The lowest BCUT2D eigenvalue weighted by atomic mass is 9.97. The van der Waals surface area contributed by atoms with Crippen molar-refractivity contribution in [3.05, 3.63) is 36.0 Å². The minimum atomic E-state index is -1.50. The van der Waals surface area contributed by atoms with E-state index in [1.165, 1.54) is 0 Å². The van der Waals surface area contributed by atoms with E-state index in [1.54, 1.807) is 20.0 Å². The molecule has 11 N–H and O–H groups in total. The van der Waals surface area contributed by atoms with Crippen molar-refractivity contribution in [1.29, 1.82) is 0 Å². The molecule has 2 aromatic rings. The van der Waals surface area contributed by atoms with Crippen molar-refractivity contribution in [1.82, 2.24) is 36.9 Å². The summed E-state index contributed by atoms with van der Waals surface area (Å²) in [5.74, 6) is -5.74. The molecular formula is C37H57N9O7. The van der Waals surface area contributed by atoms with E-state index in [9.17, 15) is 33.6 Å². The molecule has 3 rings (SSSR count). The average Bonchev–Trinajstić information content (AvgIpc) is 3.48. The largest absolute Gasteiger partial charge is 0.370 e. The third-order valence-electron chi connectivity index (χ3n) is 9.03. The van der Waals surface area contributed by atoms with Crippen LogP contribution in [0.3, 0.4) is 0 Å². The fourth-order valence-corrected chi connectivity index (χ4v) is 6.28. The summed E-state index contributed by atoms with van der Waals surface area (Å²) in [6.45, 7) is 11.1. The van der Waals surface area contributed by atoms with Crippen LogP contribution >= 0.6 is 0 Å². The maximum Gasteiger partial charge on any atom is 0.243 e. The van der Waals surface area contributed by atoms with E-state index in [4.69, 9.17) is 11.5 Å². The quantitative estimate of drug-likeness (QED) is 0.143. The number of nitrogens with two attached hydrogens (primary N) is 2. The molecule has 0 spiro atoms. The van der Waals surface area contributed by atoms with Crippen LogP contribution < -0.4 is 43.4 Å². The highest BCUT2D eigenvalue weighted by atomic mass is 16.2. The summed E-state index contributed by atoms with van der Waals surface area (Å²) in [6.07, 6.45) is 1.95. The zero-order valence-corrected chi connectivity index (χ0v) is 31.5. The van der Waals surface area contributed by atoms with Crippen molar-refractivity contribution >= 4 is 52.3 Å². The predicted octanol–water partition coefficient (Wildman–Crippen LogP) is -0.00470. The topological polar surface area (TPSA) is 260 Å². The molecule has 1 aromatic heterocycles. The summed E-state index contributed by atoms with van der Waals surface area (Å²) in [4.78, 5) is 98.5. The highest BCUT2D eigenvalue weighted by molar-refractivity contribution is 5.99. The number of carbonyl (C=O) groups excluding carboxylic acids is 7.